The zero-order chi connectivity index (χ0) is 4.28. The minimum absolute atomic E-state index is 0.590. The average Bonchev–Trinajstić information content (AvgIpc) is 1.38. The van der Waals surface area contributed by atoms with E-state index in [2.05, 4.69) is 49.1 Å². The molecule has 0 rings (SSSR count). The van der Waals surface area contributed by atoms with Crippen molar-refractivity contribution in [1.82, 2.24) is 0 Å². The maximum absolute atomic E-state index is 2.41. The molecule has 0 aliphatic carbocycles. The first-order chi connectivity index (χ1) is 2.27. The minimum Gasteiger partial charge on any atom is -0.0562 e. The van der Waals surface area contributed by atoms with E-state index in [1.54, 1.807) is 0 Å². The topological polar surface area (TPSA) is 0 Å². The van der Waals surface area contributed by atoms with Crippen LogP contribution in [0, 0.1) is 0 Å². The molecule has 0 aliphatic rings. The van der Waals surface area contributed by atoms with Gasteiger partial charge in [0.25, 0.3) is 0 Å². The van der Waals surface area contributed by atoms with Gasteiger partial charge in [-0.25, -0.2) is 0 Å². The van der Waals surface area contributed by atoms with Crippen molar-refractivity contribution in [3.05, 3.63) is 0 Å². The molecule has 0 radical (unpaired) electrons. The van der Waals surface area contributed by atoms with E-state index in [9.17, 15) is 0 Å². The normalized spacial score (nSPS) is 10.4. The van der Waals surface area contributed by atoms with Crippen LogP contribution in [0.5, 0.6) is 0 Å². The number of halogens is 2. The van der Waals surface area contributed by atoms with Gasteiger partial charge in [0.15, 0.2) is 0 Å². The van der Waals surface area contributed by atoms with Gasteiger partial charge in [-0.15, -0.1) is 0 Å². The third-order valence-corrected chi connectivity index (χ3v) is 8.33. The lowest BCUT2D eigenvalue weighted by atomic mass is 12.0. The highest BCUT2D eigenvalue weighted by atomic mass is 127. The van der Waals surface area contributed by atoms with E-state index in [-0.39, 0.29) is 0 Å². The van der Waals surface area contributed by atoms with Crippen molar-refractivity contribution in [2.24, 2.45) is 0 Å². The number of hydrogen-bond acceptors (Lipinski definition) is 0. The third kappa shape index (κ3) is 6.11. The van der Waals surface area contributed by atoms with Crippen LogP contribution < -0.4 is 0 Å². The second kappa shape index (κ2) is 4.27. The fraction of sp³-hybridized carbons (Fsp3) is 1.00. The molecule has 0 bridgehead atoms. The monoisotopic (exact) mass is 332 g/mol. The number of rotatable bonds is 0. The Morgan fingerprint density at radius 1 is 1.60 bits per heavy atom. The third-order valence-electron chi connectivity index (χ3n) is 0.138. The Labute approximate surface area is 60.0 Å². The SMILES string of the molecule is CP=S(I)I. The van der Waals surface area contributed by atoms with Crippen molar-refractivity contribution < 1.29 is 0 Å². The predicted molar refractivity (Wildman–Crippen MR) is 48.2 cm³/mol. The molecule has 5 heavy (non-hydrogen) atoms. The Morgan fingerprint density at radius 2 is 1.80 bits per heavy atom. The van der Waals surface area contributed by atoms with Gasteiger partial charge in [0.05, 0.1) is 0 Å². The van der Waals surface area contributed by atoms with Crippen molar-refractivity contribution in [3.8, 4) is 0 Å². The van der Waals surface area contributed by atoms with Gasteiger partial charge >= 0.3 is 0 Å². The molecular formula is CH3I2PS. The van der Waals surface area contributed by atoms with E-state index >= 15 is 0 Å². The van der Waals surface area contributed by atoms with Gasteiger partial charge in [-0.05, 0) is 11.1 Å². The van der Waals surface area contributed by atoms with E-state index in [0.717, 1.165) is 0 Å². The maximum atomic E-state index is 2.41. The fourth-order valence-electron chi connectivity index (χ4n) is 0. The lowest BCUT2D eigenvalue weighted by Crippen LogP contribution is -1.31. The lowest BCUT2D eigenvalue weighted by molar-refractivity contribution is 2.52. The summed E-state index contributed by atoms with van der Waals surface area (Å²) in [6, 6.07) is 0. The van der Waals surface area contributed by atoms with E-state index in [4.69, 9.17) is 0 Å². The summed E-state index contributed by atoms with van der Waals surface area (Å²) in [4.78, 5) is 0. The average molecular weight is 332 g/mol. The standard InChI is InChI=1S/CH3I2PS/c1-4-5(2)3/h1H3. The fourth-order valence-corrected chi connectivity index (χ4v) is 0. The van der Waals surface area contributed by atoms with Crippen molar-refractivity contribution in [1.29, 1.82) is 0 Å². The first-order valence-corrected chi connectivity index (χ1v) is 9.20. The Kier molecular flexibility index (Phi) is 6.08. The maximum Gasteiger partial charge on any atom is 0.00464 e. The first kappa shape index (κ1) is 7.11. The molecule has 0 aromatic heterocycles. The van der Waals surface area contributed by atoms with E-state index < -0.39 is 0 Å². The molecular weight excluding hydrogens is 329 g/mol. The Hall–Kier alpha value is 2.11. The van der Waals surface area contributed by atoms with Gasteiger partial charge < -0.3 is 0 Å². The molecule has 0 amide bonds. The van der Waals surface area contributed by atoms with Crippen LogP contribution in [0.1, 0.15) is 0 Å². The second-order valence-electron chi connectivity index (χ2n) is 0.379. The summed E-state index contributed by atoms with van der Waals surface area (Å²) >= 11 is 4.82. The molecule has 0 aromatic rings. The van der Waals surface area contributed by atoms with Crippen molar-refractivity contribution in [2.75, 3.05) is 6.66 Å². The van der Waals surface area contributed by atoms with Crippen LogP contribution in [0.25, 0.3) is 0 Å². The summed E-state index contributed by atoms with van der Waals surface area (Å²) in [5.41, 5.74) is 0. The van der Waals surface area contributed by atoms with Crippen LogP contribution >= 0.6 is 49.8 Å². The van der Waals surface area contributed by atoms with Crippen LogP contribution in [0.4, 0.5) is 0 Å². The van der Waals surface area contributed by atoms with Gasteiger partial charge in [-0.1, -0.05) is 7.36 Å². The van der Waals surface area contributed by atoms with Gasteiger partial charge in [-0.2, -0.15) is 0 Å². The molecule has 4 heteroatoms. The Bertz CT molecular complexity index is 47.6. The smallest absolute Gasteiger partial charge is 0.00464 e. The van der Waals surface area contributed by atoms with Crippen LogP contribution in [-0.2, 0) is 4.42 Å². The summed E-state index contributed by atoms with van der Waals surface area (Å²) < 4.78 is 0.590. The second-order valence-corrected chi connectivity index (χ2v) is 17.8. The molecule has 0 unspecified atom stereocenters. The highest BCUT2D eigenvalue weighted by Gasteiger charge is 1.64. The Balaban J connectivity index is 3.14. The largest absolute Gasteiger partial charge is 0.0562 e. The molecule has 0 nitrogen and oxygen atoms in total. The van der Waals surface area contributed by atoms with Crippen LogP contribution in [0.2, 0.25) is 0 Å². The number of hydrogen-bond donors (Lipinski definition) is 0. The summed E-state index contributed by atoms with van der Waals surface area (Å²) in [6.07, 6.45) is 0. The molecule has 0 aliphatic heterocycles. The molecule has 0 atom stereocenters. The highest BCUT2D eigenvalue weighted by molar-refractivity contribution is 14.3. The van der Waals surface area contributed by atoms with Crippen LogP contribution in [-0.4, -0.2) is 6.66 Å². The van der Waals surface area contributed by atoms with Gasteiger partial charge in [0.2, 0.25) is 0 Å². The first-order valence-electron chi connectivity index (χ1n) is 0.938. The minimum atomic E-state index is 0.590. The van der Waals surface area contributed by atoms with Gasteiger partial charge in [0, 0.05) is 42.4 Å². The zero-order valence-corrected chi connectivity index (χ0v) is 8.64. The van der Waals surface area contributed by atoms with Crippen LogP contribution in [0.3, 0.4) is 0 Å². The Morgan fingerprint density at radius 3 is 1.80 bits per heavy atom. The van der Waals surface area contributed by atoms with Crippen molar-refractivity contribution in [2.45, 2.75) is 0 Å². The molecule has 0 fully saturated rings. The highest BCUT2D eigenvalue weighted by Crippen LogP contribution is 2.15. The molecule has 0 saturated carbocycles. The molecule has 0 spiro atoms. The van der Waals surface area contributed by atoms with E-state index in [1.807, 2.05) is 0 Å². The van der Waals surface area contributed by atoms with Gasteiger partial charge in [-0.3, -0.25) is 0 Å². The van der Waals surface area contributed by atoms with Crippen molar-refractivity contribution in [3.63, 3.8) is 0 Å². The predicted octanol–water partition coefficient (Wildman–Crippen LogP) is 2.80. The molecule has 0 heterocycles. The molecule has 0 N–H and O–H groups in total. The summed E-state index contributed by atoms with van der Waals surface area (Å²) in [7, 11) is 1.50. The molecule has 0 saturated heterocycles. The molecule has 0 aromatic carbocycles. The lowest BCUT2D eigenvalue weighted by Gasteiger charge is -1.69. The van der Waals surface area contributed by atoms with Crippen LogP contribution in [0.15, 0.2) is 0 Å². The van der Waals surface area contributed by atoms with E-state index in [1.165, 1.54) is 7.36 Å². The summed E-state index contributed by atoms with van der Waals surface area (Å²) in [5, 5.41) is 0. The molecule has 32 valence electrons. The van der Waals surface area contributed by atoms with Crippen molar-refractivity contribution >= 4 is 54.2 Å². The summed E-state index contributed by atoms with van der Waals surface area (Å²) in [6.45, 7) is 2.17. The van der Waals surface area contributed by atoms with Gasteiger partial charge in [0.1, 0.15) is 0 Å². The van der Waals surface area contributed by atoms with E-state index in [0.29, 0.717) is 4.42 Å². The zero-order valence-electron chi connectivity index (χ0n) is 2.61. The quantitative estimate of drug-likeness (QED) is 0.473. The summed E-state index contributed by atoms with van der Waals surface area (Å²) in [5.74, 6) is 0.